The van der Waals surface area contributed by atoms with Gasteiger partial charge in [-0.3, -0.25) is 9.59 Å². The number of benzene rings is 2. The van der Waals surface area contributed by atoms with Crippen molar-refractivity contribution >= 4 is 29.9 Å². The molecule has 7 heteroatoms. The Kier molecular flexibility index (Phi) is 8.61. The molecule has 0 bridgehead atoms. The SMILES string of the molecule is COc1ccc(C(=O)Nc2ccccc2C(=O)NCC(C)CN)cc1.Cl. The summed E-state index contributed by atoms with van der Waals surface area (Å²) in [5, 5.41) is 5.61. The van der Waals surface area contributed by atoms with Crippen molar-refractivity contribution in [3.63, 3.8) is 0 Å². The predicted molar refractivity (Wildman–Crippen MR) is 105 cm³/mol. The number of carbonyl (C=O) groups is 2. The standard InChI is InChI=1S/C19H23N3O3.ClH/c1-13(11-20)12-21-19(24)16-5-3-4-6-17(16)22-18(23)14-7-9-15(25-2)10-8-14;/h3-10,13H,11-12,20H2,1-2H3,(H,21,24)(H,22,23);1H. The van der Waals surface area contributed by atoms with E-state index in [1.165, 1.54) is 0 Å². The number of rotatable bonds is 7. The topological polar surface area (TPSA) is 93.4 Å². The van der Waals surface area contributed by atoms with Gasteiger partial charge in [-0.1, -0.05) is 19.1 Å². The van der Waals surface area contributed by atoms with E-state index >= 15 is 0 Å². The van der Waals surface area contributed by atoms with Crippen molar-refractivity contribution in [1.29, 1.82) is 0 Å². The Bertz CT molecular complexity index is 735. The fourth-order valence-corrected chi connectivity index (χ4v) is 2.17. The molecule has 140 valence electrons. The quantitative estimate of drug-likeness (QED) is 0.691. The molecular weight excluding hydrogens is 354 g/mol. The predicted octanol–water partition coefficient (Wildman–Crippen LogP) is 2.69. The van der Waals surface area contributed by atoms with Gasteiger partial charge in [0.15, 0.2) is 0 Å². The van der Waals surface area contributed by atoms with Crippen LogP contribution in [0, 0.1) is 5.92 Å². The van der Waals surface area contributed by atoms with Crippen molar-refractivity contribution in [2.75, 3.05) is 25.5 Å². The monoisotopic (exact) mass is 377 g/mol. The van der Waals surface area contributed by atoms with Gasteiger partial charge in [0, 0.05) is 12.1 Å². The minimum atomic E-state index is -0.293. The molecule has 1 unspecified atom stereocenters. The lowest BCUT2D eigenvalue weighted by atomic mass is 10.1. The van der Waals surface area contributed by atoms with Crippen LogP contribution in [0.5, 0.6) is 5.75 Å². The van der Waals surface area contributed by atoms with Gasteiger partial charge >= 0.3 is 0 Å². The van der Waals surface area contributed by atoms with Gasteiger partial charge in [0.05, 0.1) is 18.4 Å². The van der Waals surface area contributed by atoms with Gasteiger partial charge in [-0.05, 0) is 48.9 Å². The number of methoxy groups -OCH3 is 1. The van der Waals surface area contributed by atoms with E-state index in [9.17, 15) is 9.59 Å². The molecule has 0 heterocycles. The largest absolute Gasteiger partial charge is 0.497 e. The number of nitrogens with two attached hydrogens (primary N) is 1. The number of amides is 2. The average molecular weight is 378 g/mol. The van der Waals surface area contributed by atoms with Crippen LogP contribution in [-0.4, -0.2) is 32.0 Å². The maximum absolute atomic E-state index is 12.4. The summed E-state index contributed by atoms with van der Waals surface area (Å²) in [4.78, 5) is 24.8. The number of para-hydroxylation sites is 1. The lowest BCUT2D eigenvalue weighted by Gasteiger charge is -2.13. The number of anilines is 1. The molecule has 0 aromatic heterocycles. The Labute approximate surface area is 159 Å². The highest BCUT2D eigenvalue weighted by Gasteiger charge is 2.14. The van der Waals surface area contributed by atoms with Gasteiger partial charge < -0.3 is 21.1 Å². The number of nitrogens with one attached hydrogen (secondary N) is 2. The van der Waals surface area contributed by atoms with Gasteiger partial charge in [-0.2, -0.15) is 0 Å². The van der Waals surface area contributed by atoms with Crippen LogP contribution in [0.4, 0.5) is 5.69 Å². The van der Waals surface area contributed by atoms with Crippen molar-refractivity contribution < 1.29 is 14.3 Å². The van der Waals surface area contributed by atoms with E-state index in [2.05, 4.69) is 10.6 Å². The first-order valence-electron chi connectivity index (χ1n) is 8.07. The summed E-state index contributed by atoms with van der Waals surface area (Å²) in [5.74, 6) is 0.319. The highest BCUT2D eigenvalue weighted by molar-refractivity contribution is 6.09. The minimum Gasteiger partial charge on any atom is -0.497 e. The van der Waals surface area contributed by atoms with Crippen LogP contribution in [0.1, 0.15) is 27.6 Å². The van der Waals surface area contributed by atoms with Gasteiger partial charge in [0.2, 0.25) is 0 Å². The van der Waals surface area contributed by atoms with Gasteiger partial charge in [0.25, 0.3) is 11.8 Å². The number of hydrogen-bond acceptors (Lipinski definition) is 4. The van der Waals surface area contributed by atoms with Crippen LogP contribution < -0.4 is 21.1 Å². The van der Waals surface area contributed by atoms with Crippen LogP contribution in [0.2, 0.25) is 0 Å². The lowest BCUT2D eigenvalue weighted by molar-refractivity contribution is 0.0949. The highest BCUT2D eigenvalue weighted by Crippen LogP contribution is 2.17. The third kappa shape index (κ3) is 5.75. The molecule has 4 N–H and O–H groups in total. The molecule has 0 radical (unpaired) electrons. The zero-order valence-electron chi connectivity index (χ0n) is 14.8. The van der Waals surface area contributed by atoms with E-state index < -0.39 is 0 Å². The summed E-state index contributed by atoms with van der Waals surface area (Å²) >= 11 is 0. The molecule has 6 nitrogen and oxygen atoms in total. The van der Waals surface area contributed by atoms with Crippen molar-refractivity contribution in [2.24, 2.45) is 11.7 Å². The van der Waals surface area contributed by atoms with Crippen molar-refractivity contribution in [2.45, 2.75) is 6.92 Å². The van der Waals surface area contributed by atoms with E-state index in [-0.39, 0.29) is 30.1 Å². The Morgan fingerprint density at radius 3 is 2.35 bits per heavy atom. The molecule has 0 saturated heterocycles. The summed E-state index contributed by atoms with van der Waals surface area (Å²) in [6.45, 7) is 2.93. The van der Waals surface area contributed by atoms with Crippen molar-refractivity contribution in [1.82, 2.24) is 5.32 Å². The third-order valence-electron chi connectivity index (χ3n) is 3.79. The molecule has 0 aliphatic heterocycles. The first-order chi connectivity index (χ1) is 12.0. The lowest BCUT2D eigenvalue weighted by Crippen LogP contribution is -2.31. The van der Waals surface area contributed by atoms with E-state index in [1.54, 1.807) is 55.6 Å². The van der Waals surface area contributed by atoms with E-state index in [1.807, 2.05) is 6.92 Å². The number of halogens is 1. The van der Waals surface area contributed by atoms with Crippen molar-refractivity contribution in [3.05, 3.63) is 59.7 Å². The Balaban J connectivity index is 0.00000338. The van der Waals surface area contributed by atoms with Crippen LogP contribution >= 0.6 is 12.4 Å². The van der Waals surface area contributed by atoms with E-state index in [4.69, 9.17) is 10.5 Å². The smallest absolute Gasteiger partial charge is 0.255 e. The second kappa shape index (κ2) is 10.4. The Morgan fingerprint density at radius 1 is 1.08 bits per heavy atom. The number of carbonyl (C=O) groups excluding carboxylic acids is 2. The molecule has 26 heavy (non-hydrogen) atoms. The molecule has 2 aromatic carbocycles. The summed E-state index contributed by atoms with van der Waals surface area (Å²) in [6.07, 6.45) is 0. The van der Waals surface area contributed by atoms with Crippen LogP contribution in [0.3, 0.4) is 0 Å². The van der Waals surface area contributed by atoms with Crippen molar-refractivity contribution in [3.8, 4) is 5.75 Å². The van der Waals surface area contributed by atoms with Crippen LogP contribution in [0.15, 0.2) is 48.5 Å². The molecule has 0 aliphatic carbocycles. The third-order valence-corrected chi connectivity index (χ3v) is 3.79. The molecule has 0 spiro atoms. The van der Waals surface area contributed by atoms with Gasteiger partial charge in [-0.15, -0.1) is 12.4 Å². The molecule has 1 atom stereocenters. The molecule has 2 aromatic rings. The second-order valence-electron chi connectivity index (χ2n) is 5.78. The summed E-state index contributed by atoms with van der Waals surface area (Å²) in [5.41, 5.74) is 6.91. The fourth-order valence-electron chi connectivity index (χ4n) is 2.17. The number of ether oxygens (including phenoxy) is 1. The van der Waals surface area contributed by atoms with E-state index in [0.29, 0.717) is 35.7 Å². The minimum absolute atomic E-state index is 0. The normalized spacial score (nSPS) is 11.0. The van der Waals surface area contributed by atoms with Gasteiger partial charge in [0.1, 0.15) is 5.75 Å². The molecule has 0 fully saturated rings. The summed E-state index contributed by atoms with van der Waals surface area (Å²) in [7, 11) is 1.56. The first kappa shape index (κ1) is 21.5. The first-order valence-corrected chi connectivity index (χ1v) is 8.07. The molecule has 2 rings (SSSR count). The Morgan fingerprint density at radius 2 is 1.73 bits per heavy atom. The molecule has 0 saturated carbocycles. The number of hydrogen-bond donors (Lipinski definition) is 3. The molecule has 0 aliphatic rings. The fraction of sp³-hybridized carbons (Fsp3) is 0.263. The van der Waals surface area contributed by atoms with Crippen LogP contribution in [0.25, 0.3) is 0 Å². The second-order valence-corrected chi connectivity index (χ2v) is 5.78. The zero-order chi connectivity index (χ0) is 18.2. The average Bonchev–Trinajstić information content (AvgIpc) is 2.66. The highest BCUT2D eigenvalue weighted by atomic mass is 35.5. The molecular formula is C19H24ClN3O3. The summed E-state index contributed by atoms with van der Waals surface area (Å²) in [6, 6.07) is 13.6. The zero-order valence-corrected chi connectivity index (χ0v) is 15.6. The maximum atomic E-state index is 12.4. The molecule has 2 amide bonds. The van der Waals surface area contributed by atoms with E-state index in [0.717, 1.165) is 0 Å². The Hall–Kier alpha value is -2.57. The maximum Gasteiger partial charge on any atom is 0.255 e. The summed E-state index contributed by atoms with van der Waals surface area (Å²) < 4.78 is 5.08. The van der Waals surface area contributed by atoms with Crippen LogP contribution in [-0.2, 0) is 0 Å². The van der Waals surface area contributed by atoms with Gasteiger partial charge in [-0.25, -0.2) is 0 Å².